The minimum absolute atomic E-state index is 0.220. The van der Waals surface area contributed by atoms with Crippen molar-refractivity contribution in [1.29, 1.82) is 0 Å². The van der Waals surface area contributed by atoms with Crippen molar-refractivity contribution in [3.8, 4) is 0 Å². The van der Waals surface area contributed by atoms with Gasteiger partial charge in [-0.25, -0.2) is 4.39 Å². The van der Waals surface area contributed by atoms with Gasteiger partial charge in [-0.15, -0.1) is 5.10 Å². The molecule has 1 aromatic heterocycles. The van der Waals surface area contributed by atoms with Gasteiger partial charge in [-0.3, -0.25) is 0 Å². The van der Waals surface area contributed by atoms with E-state index in [1.54, 1.807) is 18.3 Å². The fraction of sp³-hybridized carbons (Fsp3) is 0.211. The molecule has 0 spiro atoms. The standard InChI is InChI=1S/C19H20FN5/c20-17-8-6-16(7-9-17)10-12-21-18-14-23-25-19(24-18)22-13-11-15-4-2-1-3-5-15/h1-9,14H,10-13H2,(H2,21,22,24,25). The van der Waals surface area contributed by atoms with Gasteiger partial charge in [-0.2, -0.15) is 10.1 Å². The maximum Gasteiger partial charge on any atom is 0.244 e. The van der Waals surface area contributed by atoms with Crippen molar-refractivity contribution in [3.63, 3.8) is 0 Å². The molecular weight excluding hydrogens is 317 g/mol. The fourth-order valence-corrected chi connectivity index (χ4v) is 2.41. The minimum atomic E-state index is -0.220. The summed E-state index contributed by atoms with van der Waals surface area (Å²) in [4.78, 5) is 4.39. The molecule has 0 bridgehead atoms. The van der Waals surface area contributed by atoms with Crippen molar-refractivity contribution in [1.82, 2.24) is 15.2 Å². The Labute approximate surface area is 146 Å². The van der Waals surface area contributed by atoms with Crippen LogP contribution >= 0.6 is 0 Å². The van der Waals surface area contributed by atoms with Gasteiger partial charge in [-0.05, 0) is 36.1 Å². The van der Waals surface area contributed by atoms with E-state index in [9.17, 15) is 4.39 Å². The zero-order valence-corrected chi connectivity index (χ0v) is 13.8. The highest BCUT2D eigenvalue weighted by Crippen LogP contribution is 2.07. The second-order valence-corrected chi connectivity index (χ2v) is 5.63. The SMILES string of the molecule is Fc1ccc(CCNc2cnnc(NCCc3ccccc3)n2)cc1. The third kappa shape index (κ3) is 5.53. The minimum Gasteiger partial charge on any atom is -0.368 e. The van der Waals surface area contributed by atoms with E-state index in [4.69, 9.17) is 0 Å². The average Bonchev–Trinajstić information content (AvgIpc) is 2.65. The molecule has 0 fully saturated rings. The number of nitrogens with zero attached hydrogens (tertiary/aromatic N) is 3. The Kier molecular flexibility index (Phi) is 5.87. The summed E-state index contributed by atoms with van der Waals surface area (Å²) in [6.45, 7) is 1.43. The van der Waals surface area contributed by atoms with Crippen LogP contribution in [0.5, 0.6) is 0 Å². The van der Waals surface area contributed by atoms with Gasteiger partial charge in [0.25, 0.3) is 0 Å². The number of nitrogens with one attached hydrogen (secondary N) is 2. The van der Waals surface area contributed by atoms with Crippen LogP contribution in [0.4, 0.5) is 16.2 Å². The van der Waals surface area contributed by atoms with Crippen molar-refractivity contribution in [3.05, 3.63) is 77.7 Å². The van der Waals surface area contributed by atoms with Crippen LogP contribution in [0.2, 0.25) is 0 Å². The molecule has 128 valence electrons. The van der Waals surface area contributed by atoms with Crippen LogP contribution in [-0.2, 0) is 12.8 Å². The number of halogens is 1. The van der Waals surface area contributed by atoms with Gasteiger partial charge >= 0.3 is 0 Å². The number of aromatic nitrogens is 3. The molecule has 0 aliphatic heterocycles. The van der Waals surface area contributed by atoms with Crippen molar-refractivity contribution >= 4 is 11.8 Å². The summed E-state index contributed by atoms with van der Waals surface area (Å²) in [5.74, 6) is 0.949. The fourth-order valence-electron chi connectivity index (χ4n) is 2.41. The van der Waals surface area contributed by atoms with E-state index >= 15 is 0 Å². The van der Waals surface area contributed by atoms with Gasteiger partial charge < -0.3 is 10.6 Å². The molecule has 5 nitrogen and oxygen atoms in total. The molecular formula is C19H20FN5. The van der Waals surface area contributed by atoms with Crippen LogP contribution in [0.1, 0.15) is 11.1 Å². The summed E-state index contributed by atoms with van der Waals surface area (Å²) in [6, 6.07) is 16.7. The normalized spacial score (nSPS) is 10.4. The maximum atomic E-state index is 12.9. The van der Waals surface area contributed by atoms with Crippen molar-refractivity contribution in [2.45, 2.75) is 12.8 Å². The molecule has 1 heterocycles. The highest BCUT2D eigenvalue weighted by atomic mass is 19.1. The number of benzene rings is 2. The molecule has 6 heteroatoms. The van der Waals surface area contributed by atoms with E-state index in [1.165, 1.54) is 17.7 Å². The molecule has 0 amide bonds. The molecule has 0 aliphatic carbocycles. The van der Waals surface area contributed by atoms with Crippen LogP contribution in [-0.4, -0.2) is 28.3 Å². The summed E-state index contributed by atoms with van der Waals surface area (Å²) in [5, 5.41) is 14.3. The first kappa shape index (κ1) is 16.8. The predicted molar refractivity (Wildman–Crippen MR) is 97.1 cm³/mol. The molecule has 3 rings (SSSR count). The summed E-state index contributed by atoms with van der Waals surface area (Å²) in [5.41, 5.74) is 2.33. The number of hydrogen-bond acceptors (Lipinski definition) is 5. The Morgan fingerprint density at radius 1 is 0.800 bits per heavy atom. The van der Waals surface area contributed by atoms with Gasteiger partial charge in [0.15, 0.2) is 5.82 Å². The lowest BCUT2D eigenvalue weighted by atomic mass is 10.1. The predicted octanol–water partition coefficient (Wildman–Crippen LogP) is 3.32. The average molecular weight is 337 g/mol. The third-order valence-corrected chi connectivity index (χ3v) is 3.73. The topological polar surface area (TPSA) is 62.7 Å². The smallest absolute Gasteiger partial charge is 0.244 e. The molecule has 0 saturated heterocycles. The summed E-state index contributed by atoms with van der Waals surface area (Å²) in [7, 11) is 0. The second kappa shape index (κ2) is 8.73. The van der Waals surface area contributed by atoms with Crippen LogP contribution in [0.3, 0.4) is 0 Å². The van der Waals surface area contributed by atoms with E-state index in [0.717, 1.165) is 24.9 Å². The first-order valence-corrected chi connectivity index (χ1v) is 8.25. The molecule has 25 heavy (non-hydrogen) atoms. The second-order valence-electron chi connectivity index (χ2n) is 5.63. The van der Waals surface area contributed by atoms with E-state index in [1.807, 2.05) is 18.2 Å². The molecule has 2 N–H and O–H groups in total. The van der Waals surface area contributed by atoms with Gasteiger partial charge in [0.1, 0.15) is 5.82 Å². The lowest BCUT2D eigenvalue weighted by Gasteiger charge is -2.08. The van der Waals surface area contributed by atoms with E-state index in [0.29, 0.717) is 18.3 Å². The first-order chi connectivity index (χ1) is 12.3. The first-order valence-electron chi connectivity index (χ1n) is 8.25. The van der Waals surface area contributed by atoms with E-state index < -0.39 is 0 Å². The Bertz CT molecular complexity index is 777. The molecule has 0 atom stereocenters. The quantitative estimate of drug-likeness (QED) is 0.660. The van der Waals surface area contributed by atoms with Crippen molar-refractivity contribution < 1.29 is 4.39 Å². The number of anilines is 2. The molecule has 2 aromatic carbocycles. The third-order valence-electron chi connectivity index (χ3n) is 3.73. The molecule has 0 radical (unpaired) electrons. The Hall–Kier alpha value is -3.02. The van der Waals surface area contributed by atoms with Gasteiger partial charge in [-0.1, -0.05) is 42.5 Å². The number of rotatable bonds is 8. The zero-order valence-electron chi connectivity index (χ0n) is 13.8. The highest BCUT2D eigenvalue weighted by Gasteiger charge is 2.01. The summed E-state index contributed by atoms with van der Waals surface area (Å²) in [6.07, 6.45) is 3.26. The molecule has 3 aromatic rings. The van der Waals surface area contributed by atoms with Crippen LogP contribution in [0, 0.1) is 5.82 Å². The Morgan fingerprint density at radius 3 is 2.24 bits per heavy atom. The molecule has 0 unspecified atom stereocenters. The van der Waals surface area contributed by atoms with Crippen molar-refractivity contribution in [2.24, 2.45) is 0 Å². The van der Waals surface area contributed by atoms with E-state index in [-0.39, 0.29) is 5.82 Å². The molecule has 0 aliphatic rings. The Morgan fingerprint density at radius 2 is 1.48 bits per heavy atom. The summed E-state index contributed by atoms with van der Waals surface area (Å²) < 4.78 is 12.9. The maximum absolute atomic E-state index is 12.9. The highest BCUT2D eigenvalue weighted by molar-refractivity contribution is 5.37. The zero-order chi connectivity index (χ0) is 17.3. The van der Waals surface area contributed by atoms with Crippen molar-refractivity contribution in [2.75, 3.05) is 23.7 Å². The van der Waals surface area contributed by atoms with Gasteiger partial charge in [0, 0.05) is 13.1 Å². The largest absolute Gasteiger partial charge is 0.368 e. The molecule has 0 saturated carbocycles. The van der Waals surface area contributed by atoms with Crippen LogP contribution < -0.4 is 10.6 Å². The van der Waals surface area contributed by atoms with Gasteiger partial charge in [0.05, 0.1) is 6.20 Å². The van der Waals surface area contributed by atoms with Crippen LogP contribution in [0.15, 0.2) is 60.8 Å². The van der Waals surface area contributed by atoms with Crippen LogP contribution in [0.25, 0.3) is 0 Å². The number of hydrogen-bond donors (Lipinski definition) is 2. The lowest BCUT2D eigenvalue weighted by Crippen LogP contribution is -2.12. The van der Waals surface area contributed by atoms with E-state index in [2.05, 4.69) is 37.9 Å². The van der Waals surface area contributed by atoms with Gasteiger partial charge in [0.2, 0.25) is 5.95 Å². The Balaban J connectivity index is 1.45. The monoisotopic (exact) mass is 337 g/mol. The summed E-state index contributed by atoms with van der Waals surface area (Å²) >= 11 is 0. The lowest BCUT2D eigenvalue weighted by molar-refractivity contribution is 0.627.